The van der Waals surface area contributed by atoms with Crippen LogP contribution in [0.15, 0.2) is 36.7 Å². The van der Waals surface area contributed by atoms with E-state index in [2.05, 4.69) is 9.97 Å². The van der Waals surface area contributed by atoms with Crippen molar-refractivity contribution in [3.8, 4) is 17.8 Å². The molecule has 88 valence electrons. The SMILES string of the molecule is N#Cc1ccc(Oc2ncccn2)cc1C(=O)O. The second kappa shape index (κ2) is 4.93. The van der Waals surface area contributed by atoms with E-state index in [4.69, 9.17) is 15.1 Å². The Labute approximate surface area is 102 Å². The van der Waals surface area contributed by atoms with Crippen molar-refractivity contribution in [2.45, 2.75) is 0 Å². The van der Waals surface area contributed by atoms with Gasteiger partial charge in [-0.3, -0.25) is 0 Å². The molecule has 0 spiro atoms. The minimum absolute atomic E-state index is 0.0730. The largest absolute Gasteiger partial charge is 0.478 e. The fourth-order valence-corrected chi connectivity index (χ4v) is 1.30. The Kier molecular flexibility index (Phi) is 3.16. The summed E-state index contributed by atoms with van der Waals surface area (Å²) in [7, 11) is 0. The first-order valence-electron chi connectivity index (χ1n) is 4.93. The lowest BCUT2D eigenvalue weighted by Gasteiger charge is -2.04. The van der Waals surface area contributed by atoms with E-state index in [-0.39, 0.29) is 22.9 Å². The van der Waals surface area contributed by atoms with Crippen molar-refractivity contribution < 1.29 is 14.6 Å². The molecule has 0 fully saturated rings. The van der Waals surface area contributed by atoms with Gasteiger partial charge in [0.25, 0.3) is 0 Å². The van der Waals surface area contributed by atoms with Crippen LogP contribution in [0.2, 0.25) is 0 Å². The number of aromatic nitrogens is 2. The van der Waals surface area contributed by atoms with Crippen LogP contribution in [0, 0.1) is 11.3 Å². The van der Waals surface area contributed by atoms with Crippen molar-refractivity contribution in [3.05, 3.63) is 47.8 Å². The summed E-state index contributed by atoms with van der Waals surface area (Å²) in [5.41, 5.74) is -0.0465. The Morgan fingerprint density at radius 1 is 1.33 bits per heavy atom. The molecule has 0 aliphatic rings. The van der Waals surface area contributed by atoms with Gasteiger partial charge in [-0.25, -0.2) is 14.8 Å². The maximum Gasteiger partial charge on any atom is 0.337 e. The molecule has 6 nitrogen and oxygen atoms in total. The van der Waals surface area contributed by atoms with Crippen LogP contribution in [-0.2, 0) is 0 Å². The topological polar surface area (TPSA) is 96.1 Å². The second-order valence-corrected chi connectivity index (χ2v) is 3.26. The van der Waals surface area contributed by atoms with Crippen molar-refractivity contribution in [2.75, 3.05) is 0 Å². The number of ether oxygens (including phenoxy) is 1. The van der Waals surface area contributed by atoms with Crippen LogP contribution in [0.3, 0.4) is 0 Å². The van der Waals surface area contributed by atoms with E-state index in [0.29, 0.717) is 0 Å². The Hall–Kier alpha value is -2.94. The predicted molar refractivity (Wildman–Crippen MR) is 60.2 cm³/mol. The lowest BCUT2D eigenvalue weighted by molar-refractivity contribution is 0.0696. The van der Waals surface area contributed by atoms with Gasteiger partial charge in [-0.2, -0.15) is 5.26 Å². The highest BCUT2D eigenvalue weighted by atomic mass is 16.5. The first kappa shape index (κ1) is 11.5. The highest BCUT2D eigenvalue weighted by Crippen LogP contribution is 2.21. The molecular weight excluding hydrogens is 234 g/mol. The predicted octanol–water partition coefficient (Wildman–Crippen LogP) is 1.84. The van der Waals surface area contributed by atoms with Gasteiger partial charge in [-0.1, -0.05) is 0 Å². The molecule has 0 amide bonds. The molecule has 1 aromatic heterocycles. The number of carboxylic acid groups (broad SMARTS) is 1. The number of benzene rings is 1. The molecule has 0 radical (unpaired) electrons. The first-order valence-corrected chi connectivity index (χ1v) is 4.93. The summed E-state index contributed by atoms with van der Waals surface area (Å²) in [6.07, 6.45) is 3.01. The molecule has 2 rings (SSSR count). The summed E-state index contributed by atoms with van der Waals surface area (Å²) in [4.78, 5) is 18.6. The third kappa shape index (κ3) is 2.41. The van der Waals surface area contributed by atoms with Crippen LogP contribution in [0.25, 0.3) is 0 Å². The van der Waals surface area contributed by atoms with Crippen LogP contribution in [-0.4, -0.2) is 21.0 Å². The summed E-state index contributed by atoms with van der Waals surface area (Å²) in [6.45, 7) is 0. The van der Waals surface area contributed by atoms with Gasteiger partial charge < -0.3 is 9.84 Å². The molecule has 1 heterocycles. The third-order valence-electron chi connectivity index (χ3n) is 2.09. The lowest BCUT2D eigenvalue weighted by atomic mass is 10.1. The maximum atomic E-state index is 10.9. The van der Waals surface area contributed by atoms with E-state index < -0.39 is 5.97 Å². The van der Waals surface area contributed by atoms with Gasteiger partial charge in [0.1, 0.15) is 11.8 Å². The lowest BCUT2D eigenvalue weighted by Crippen LogP contribution is -2.01. The maximum absolute atomic E-state index is 10.9. The van der Waals surface area contributed by atoms with Gasteiger partial charge in [0, 0.05) is 12.4 Å². The number of hydrogen-bond donors (Lipinski definition) is 1. The number of aromatic carboxylic acids is 1. The molecule has 0 unspecified atom stereocenters. The highest BCUT2D eigenvalue weighted by molar-refractivity contribution is 5.91. The molecule has 6 heteroatoms. The van der Waals surface area contributed by atoms with Crippen molar-refractivity contribution >= 4 is 5.97 Å². The summed E-state index contributed by atoms with van der Waals surface area (Å²) in [5.74, 6) is -0.927. The van der Waals surface area contributed by atoms with E-state index in [1.807, 2.05) is 0 Å². The number of carboxylic acids is 1. The second-order valence-electron chi connectivity index (χ2n) is 3.26. The van der Waals surface area contributed by atoms with E-state index >= 15 is 0 Å². The number of nitriles is 1. The molecule has 18 heavy (non-hydrogen) atoms. The van der Waals surface area contributed by atoms with E-state index in [9.17, 15) is 4.79 Å². The minimum Gasteiger partial charge on any atom is -0.478 e. The van der Waals surface area contributed by atoms with Crippen LogP contribution in [0.4, 0.5) is 0 Å². The van der Waals surface area contributed by atoms with Gasteiger partial charge in [-0.15, -0.1) is 0 Å². The fourth-order valence-electron chi connectivity index (χ4n) is 1.30. The van der Waals surface area contributed by atoms with Crippen LogP contribution in [0.1, 0.15) is 15.9 Å². The monoisotopic (exact) mass is 241 g/mol. The minimum atomic E-state index is -1.19. The number of carbonyl (C=O) groups is 1. The molecule has 1 N–H and O–H groups in total. The molecule has 0 saturated carbocycles. The van der Waals surface area contributed by atoms with E-state index in [1.165, 1.54) is 30.6 Å². The van der Waals surface area contributed by atoms with Crippen LogP contribution >= 0.6 is 0 Å². The van der Waals surface area contributed by atoms with Gasteiger partial charge in [-0.05, 0) is 24.3 Å². The Morgan fingerprint density at radius 3 is 2.67 bits per heavy atom. The molecule has 0 bridgehead atoms. The molecular formula is C12H7N3O3. The number of rotatable bonds is 3. The standard InChI is InChI=1S/C12H7N3O3/c13-7-8-2-3-9(6-10(8)11(16)17)18-12-14-4-1-5-15-12/h1-6H,(H,16,17). The zero-order valence-corrected chi connectivity index (χ0v) is 9.07. The average Bonchev–Trinajstić information content (AvgIpc) is 2.40. The quantitative estimate of drug-likeness (QED) is 0.880. The highest BCUT2D eigenvalue weighted by Gasteiger charge is 2.12. The molecule has 1 aromatic carbocycles. The van der Waals surface area contributed by atoms with Crippen molar-refractivity contribution in [2.24, 2.45) is 0 Å². The summed E-state index contributed by atoms with van der Waals surface area (Å²) in [6, 6.07) is 7.67. The molecule has 2 aromatic rings. The third-order valence-corrected chi connectivity index (χ3v) is 2.09. The molecule has 0 atom stereocenters. The van der Waals surface area contributed by atoms with Crippen molar-refractivity contribution in [3.63, 3.8) is 0 Å². The Morgan fingerprint density at radius 2 is 2.06 bits per heavy atom. The van der Waals surface area contributed by atoms with Gasteiger partial charge in [0.05, 0.1) is 11.1 Å². The average molecular weight is 241 g/mol. The fraction of sp³-hybridized carbons (Fsp3) is 0. The van der Waals surface area contributed by atoms with Gasteiger partial charge in [0.15, 0.2) is 0 Å². The smallest absolute Gasteiger partial charge is 0.337 e. The molecule has 0 aliphatic heterocycles. The zero-order chi connectivity index (χ0) is 13.0. The van der Waals surface area contributed by atoms with Crippen molar-refractivity contribution in [1.29, 1.82) is 5.26 Å². The van der Waals surface area contributed by atoms with Gasteiger partial charge >= 0.3 is 12.0 Å². The summed E-state index contributed by atoms with van der Waals surface area (Å²) in [5, 5.41) is 17.7. The van der Waals surface area contributed by atoms with E-state index in [1.54, 1.807) is 12.1 Å². The molecule has 0 saturated heterocycles. The Bertz CT molecular complexity index is 620. The normalized spacial score (nSPS) is 9.50. The van der Waals surface area contributed by atoms with Crippen molar-refractivity contribution in [1.82, 2.24) is 9.97 Å². The summed E-state index contributed by atoms with van der Waals surface area (Å²) < 4.78 is 5.27. The van der Waals surface area contributed by atoms with E-state index in [0.717, 1.165) is 0 Å². The molecule has 0 aliphatic carbocycles. The summed E-state index contributed by atoms with van der Waals surface area (Å²) >= 11 is 0. The van der Waals surface area contributed by atoms with Crippen LogP contribution in [0.5, 0.6) is 11.8 Å². The zero-order valence-electron chi connectivity index (χ0n) is 9.07. The Balaban J connectivity index is 2.34. The van der Waals surface area contributed by atoms with Gasteiger partial charge in [0.2, 0.25) is 0 Å². The first-order chi connectivity index (χ1) is 8.70. The number of nitrogens with zero attached hydrogens (tertiary/aromatic N) is 3. The van der Waals surface area contributed by atoms with Crippen LogP contribution < -0.4 is 4.74 Å². The number of hydrogen-bond acceptors (Lipinski definition) is 5.